The summed E-state index contributed by atoms with van der Waals surface area (Å²) in [6.45, 7) is 5.28. The summed E-state index contributed by atoms with van der Waals surface area (Å²) >= 11 is 12.1. The van der Waals surface area contributed by atoms with Gasteiger partial charge in [-0.1, -0.05) is 23.2 Å². The van der Waals surface area contributed by atoms with Gasteiger partial charge in [-0.3, -0.25) is 0 Å². The molecule has 0 radical (unpaired) electrons. The highest BCUT2D eigenvalue weighted by molar-refractivity contribution is 6.39. The van der Waals surface area contributed by atoms with Crippen molar-refractivity contribution in [2.24, 2.45) is 0 Å². The third-order valence-corrected chi connectivity index (χ3v) is 2.68. The second-order valence-corrected chi connectivity index (χ2v) is 4.32. The smallest absolute Gasteiger partial charge is 0.0721 e. The largest absolute Gasteiger partial charge is 0.399 e. The summed E-state index contributed by atoms with van der Waals surface area (Å²) in [5.41, 5.74) is 6.86. The maximum absolute atomic E-state index is 6.03. The van der Waals surface area contributed by atoms with Crippen LogP contribution in [0.25, 0.3) is 0 Å². The first-order chi connectivity index (χ1) is 7.54. The van der Waals surface area contributed by atoms with Gasteiger partial charge < -0.3 is 15.8 Å². The minimum atomic E-state index is 0.106. The molecule has 3 nitrogen and oxygen atoms in total. The Morgan fingerprint density at radius 2 is 1.94 bits per heavy atom. The van der Waals surface area contributed by atoms with Crippen LogP contribution in [-0.4, -0.2) is 19.3 Å². The van der Waals surface area contributed by atoms with E-state index in [9.17, 15) is 0 Å². The van der Waals surface area contributed by atoms with Crippen molar-refractivity contribution in [1.82, 2.24) is 0 Å². The van der Waals surface area contributed by atoms with E-state index in [1.165, 1.54) is 0 Å². The predicted octanol–water partition coefficient (Wildman–Crippen LogP) is 3.41. The molecule has 1 aromatic carbocycles. The fourth-order valence-electron chi connectivity index (χ4n) is 1.35. The van der Waals surface area contributed by atoms with Crippen LogP contribution in [-0.2, 0) is 4.74 Å². The third-order valence-electron chi connectivity index (χ3n) is 2.08. The van der Waals surface area contributed by atoms with Gasteiger partial charge in [0, 0.05) is 18.8 Å². The highest BCUT2D eigenvalue weighted by Crippen LogP contribution is 2.32. The number of benzene rings is 1. The van der Waals surface area contributed by atoms with Crippen LogP contribution < -0.4 is 11.1 Å². The lowest BCUT2D eigenvalue weighted by atomic mass is 10.2. The van der Waals surface area contributed by atoms with Gasteiger partial charge in [0.2, 0.25) is 0 Å². The van der Waals surface area contributed by atoms with Gasteiger partial charge in [-0.2, -0.15) is 0 Å². The lowest BCUT2D eigenvalue weighted by molar-refractivity contribution is 0.0855. The fraction of sp³-hybridized carbons (Fsp3) is 0.455. The topological polar surface area (TPSA) is 47.3 Å². The lowest BCUT2D eigenvalue weighted by Gasteiger charge is -2.15. The molecule has 3 N–H and O–H groups in total. The highest BCUT2D eigenvalue weighted by Gasteiger charge is 2.08. The van der Waals surface area contributed by atoms with Gasteiger partial charge in [-0.25, -0.2) is 0 Å². The van der Waals surface area contributed by atoms with Crippen LogP contribution >= 0.6 is 23.2 Å². The molecule has 0 aliphatic rings. The molecule has 1 aromatic rings. The SMILES string of the molecule is CCOC(C)CNc1c(Cl)cc(N)cc1Cl. The van der Waals surface area contributed by atoms with E-state index in [0.29, 0.717) is 34.6 Å². The minimum absolute atomic E-state index is 0.106. The summed E-state index contributed by atoms with van der Waals surface area (Å²) < 4.78 is 5.39. The third kappa shape index (κ3) is 3.74. The number of hydrogen-bond donors (Lipinski definition) is 2. The van der Waals surface area contributed by atoms with Crippen molar-refractivity contribution in [1.29, 1.82) is 0 Å². The Morgan fingerprint density at radius 3 is 2.44 bits per heavy atom. The molecule has 1 rings (SSSR count). The van der Waals surface area contributed by atoms with Crippen LogP contribution in [0.3, 0.4) is 0 Å². The average Bonchev–Trinajstić information content (AvgIpc) is 2.16. The summed E-state index contributed by atoms with van der Waals surface area (Å²) in [5, 5.41) is 4.19. The number of anilines is 2. The molecule has 1 atom stereocenters. The predicted molar refractivity (Wildman–Crippen MR) is 70.5 cm³/mol. The van der Waals surface area contributed by atoms with E-state index in [4.69, 9.17) is 33.7 Å². The number of hydrogen-bond acceptors (Lipinski definition) is 3. The normalized spacial score (nSPS) is 12.5. The first-order valence-corrected chi connectivity index (χ1v) is 5.90. The van der Waals surface area contributed by atoms with E-state index in [1.807, 2.05) is 13.8 Å². The average molecular weight is 263 g/mol. The van der Waals surface area contributed by atoms with Gasteiger partial charge in [0.25, 0.3) is 0 Å². The Balaban J connectivity index is 2.67. The van der Waals surface area contributed by atoms with Crippen LogP contribution in [0.15, 0.2) is 12.1 Å². The van der Waals surface area contributed by atoms with Crippen molar-refractivity contribution in [3.63, 3.8) is 0 Å². The van der Waals surface area contributed by atoms with Crippen LogP contribution in [0.4, 0.5) is 11.4 Å². The zero-order chi connectivity index (χ0) is 12.1. The molecule has 5 heteroatoms. The van der Waals surface area contributed by atoms with E-state index in [0.717, 1.165) is 0 Å². The van der Waals surface area contributed by atoms with E-state index < -0.39 is 0 Å². The van der Waals surface area contributed by atoms with Gasteiger partial charge in [0.1, 0.15) is 0 Å². The molecule has 0 heterocycles. The highest BCUT2D eigenvalue weighted by atomic mass is 35.5. The molecule has 0 saturated heterocycles. The maximum Gasteiger partial charge on any atom is 0.0721 e. The van der Waals surface area contributed by atoms with Gasteiger partial charge in [0.05, 0.1) is 21.8 Å². The standard InChI is InChI=1S/C11H16Cl2N2O/c1-3-16-7(2)6-15-11-9(12)4-8(14)5-10(11)13/h4-5,7,15H,3,6,14H2,1-2H3. The molecule has 16 heavy (non-hydrogen) atoms. The molecule has 0 fully saturated rings. The monoisotopic (exact) mass is 262 g/mol. The van der Waals surface area contributed by atoms with Crippen LogP contribution in [0.1, 0.15) is 13.8 Å². The summed E-state index contributed by atoms with van der Waals surface area (Å²) in [6.07, 6.45) is 0.106. The van der Waals surface area contributed by atoms with Gasteiger partial charge in [-0.15, -0.1) is 0 Å². The Hall–Kier alpha value is -0.640. The lowest BCUT2D eigenvalue weighted by Crippen LogP contribution is -2.20. The van der Waals surface area contributed by atoms with Crippen molar-refractivity contribution in [2.75, 3.05) is 24.2 Å². The van der Waals surface area contributed by atoms with E-state index in [1.54, 1.807) is 12.1 Å². The number of nitrogens with two attached hydrogens (primary N) is 1. The van der Waals surface area contributed by atoms with Crippen molar-refractivity contribution in [2.45, 2.75) is 20.0 Å². The maximum atomic E-state index is 6.03. The summed E-state index contributed by atoms with van der Waals surface area (Å²) in [5.74, 6) is 0. The zero-order valence-electron chi connectivity index (χ0n) is 9.39. The van der Waals surface area contributed by atoms with Crippen molar-refractivity contribution in [3.05, 3.63) is 22.2 Å². The number of halogens is 2. The number of nitrogens with one attached hydrogen (secondary N) is 1. The molecule has 0 aromatic heterocycles. The Bertz CT molecular complexity index is 335. The first kappa shape index (κ1) is 13.4. The van der Waals surface area contributed by atoms with E-state index >= 15 is 0 Å². The molecular weight excluding hydrogens is 247 g/mol. The molecule has 0 amide bonds. The molecule has 0 saturated carbocycles. The second-order valence-electron chi connectivity index (χ2n) is 3.51. The van der Waals surface area contributed by atoms with Gasteiger partial charge in [-0.05, 0) is 26.0 Å². The van der Waals surface area contributed by atoms with Crippen LogP contribution in [0.5, 0.6) is 0 Å². The van der Waals surface area contributed by atoms with E-state index in [2.05, 4.69) is 5.32 Å². The second kappa shape index (κ2) is 6.18. The van der Waals surface area contributed by atoms with Crippen molar-refractivity contribution < 1.29 is 4.74 Å². The Kier molecular flexibility index (Phi) is 5.19. The van der Waals surface area contributed by atoms with Crippen LogP contribution in [0.2, 0.25) is 10.0 Å². The minimum Gasteiger partial charge on any atom is -0.399 e. The van der Waals surface area contributed by atoms with Crippen LogP contribution in [0, 0.1) is 0 Å². The summed E-state index contributed by atoms with van der Waals surface area (Å²) in [4.78, 5) is 0. The Morgan fingerprint density at radius 1 is 1.38 bits per heavy atom. The number of ether oxygens (including phenoxy) is 1. The van der Waals surface area contributed by atoms with Gasteiger partial charge >= 0.3 is 0 Å². The van der Waals surface area contributed by atoms with E-state index in [-0.39, 0.29) is 6.10 Å². The molecule has 0 spiro atoms. The molecule has 0 bridgehead atoms. The molecule has 0 aliphatic heterocycles. The summed E-state index contributed by atoms with van der Waals surface area (Å²) in [6, 6.07) is 3.34. The number of rotatable bonds is 5. The number of nitrogen functional groups attached to an aromatic ring is 1. The van der Waals surface area contributed by atoms with Gasteiger partial charge in [0.15, 0.2) is 0 Å². The summed E-state index contributed by atoms with van der Waals surface area (Å²) in [7, 11) is 0. The zero-order valence-corrected chi connectivity index (χ0v) is 10.9. The Labute approximate surface area is 106 Å². The van der Waals surface area contributed by atoms with Crippen molar-refractivity contribution in [3.8, 4) is 0 Å². The molecule has 1 unspecified atom stereocenters. The fourth-order valence-corrected chi connectivity index (χ4v) is 1.99. The molecular formula is C11H16Cl2N2O. The first-order valence-electron chi connectivity index (χ1n) is 5.14. The molecule has 90 valence electrons. The van der Waals surface area contributed by atoms with Crippen molar-refractivity contribution >= 4 is 34.6 Å². The molecule has 0 aliphatic carbocycles. The quantitative estimate of drug-likeness (QED) is 0.800.